The molecule has 0 aliphatic heterocycles. The maximum Gasteiger partial charge on any atom is 0.387 e. The largest absolute Gasteiger partial charge is 0.497 e. The summed E-state index contributed by atoms with van der Waals surface area (Å²) < 4.78 is 34.1. The molecule has 5 heteroatoms. The van der Waals surface area contributed by atoms with Crippen LogP contribution in [0.5, 0.6) is 11.5 Å². The highest BCUT2D eigenvalue weighted by molar-refractivity contribution is 5.67. The second-order valence-corrected chi connectivity index (χ2v) is 3.93. The van der Waals surface area contributed by atoms with E-state index in [1.165, 1.54) is 12.1 Å². The van der Waals surface area contributed by atoms with E-state index >= 15 is 0 Å². The molecular formula is C15H11F2NO2. The number of rotatable bonds is 4. The van der Waals surface area contributed by atoms with Crippen molar-refractivity contribution in [2.24, 2.45) is 0 Å². The third-order valence-corrected chi connectivity index (χ3v) is 2.74. The average Bonchev–Trinajstić information content (AvgIpc) is 2.46. The highest BCUT2D eigenvalue weighted by Gasteiger charge is 2.11. The minimum absolute atomic E-state index is 0.0718. The maximum absolute atomic E-state index is 12.3. The Hall–Kier alpha value is -2.61. The van der Waals surface area contributed by atoms with Gasteiger partial charge in [-0.25, -0.2) is 0 Å². The number of methoxy groups -OCH3 is 1. The van der Waals surface area contributed by atoms with Gasteiger partial charge in [-0.05, 0) is 35.4 Å². The zero-order valence-electron chi connectivity index (χ0n) is 10.6. The van der Waals surface area contributed by atoms with Crippen molar-refractivity contribution in [2.45, 2.75) is 6.61 Å². The Labute approximate surface area is 115 Å². The van der Waals surface area contributed by atoms with Crippen molar-refractivity contribution in [1.29, 1.82) is 5.26 Å². The highest BCUT2D eigenvalue weighted by Crippen LogP contribution is 2.29. The Morgan fingerprint density at radius 2 is 1.70 bits per heavy atom. The molecule has 102 valence electrons. The number of hydrogen-bond acceptors (Lipinski definition) is 3. The third kappa shape index (κ3) is 3.04. The van der Waals surface area contributed by atoms with Crippen molar-refractivity contribution in [3.05, 3.63) is 48.0 Å². The monoisotopic (exact) mass is 275 g/mol. The average molecular weight is 275 g/mol. The molecule has 3 nitrogen and oxygen atoms in total. The highest BCUT2D eigenvalue weighted by atomic mass is 19.3. The van der Waals surface area contributed by atoms with Crippen LogP contribution in [-0.2, 0) is 0 Å². The van der Waals surface area contributed by atoms with Crippen LogP contribution in [0.1, 0.15) is 5.56 Å². The summed E-state index contributed by atoms with van der Waals surface area (Å²) in [6, 6.07) is 13.5. The fourth-order valence-electron chi connectivity index (χ4n) is 1.77. The summed E-state index contributed by atoms with van der Waals surface area (Å²) in [4.78, 5) is 0. The molecule has 0 aliphatic rings. The quantitative estimate of drug-likeness (QED) is 0.851. The zero-order chi connectivity index (χ0) is 14.5. The minimum atomic E-state index is -2.96. The number of nitriles is 1. The first kappa shape index (κ1) is 13.8. The summed E-state index contributed by atoms with van der Waals surface area (Å²) in [5.41, 5.74) is 1.57. The van der Waals surface area contributed by atoms with E-state index in [1.807, 2.05) is 6.07 Å². The van der Waals surface area contributed by atoms with Crippen LogP contribution in [0.3, 0.4) is 0 Å². The van der Waals surface area contributed by atoms with Gasteiger partial charge in [-0.1, -0.05) is 18.2 Å². The summed E-state index contributed by atoms with van der Waals surface area (Å²) >= 11 is 0. The molecule has 0 atom stereocenters. The lowest BCUT2D eigenvalue weighted by Crippen LogP contribution is -2.03. The fraction of sp³-hybridized carbons (Fsp3) is 0.133. The van der Waals surface area contributed by atoms with E-state index in [-0.39, 0.29) is 11.3 Å². The summed E-state index contributed by atoms with van der Waals surface area (Å²) in [6.07, 6.45) is 0. The van der Waals surface area contributed by atoms with Gasteiger partial charge < -0.3 is 9.47 Å². The van der Waals surface area contributed by atoms with Crippen molar-refractivity contribution >= 4 is 0 Å². The smallest absolute Gasteiger partial charge is 0.387 e. The van der Waals surface area contributed by atoms with Gasteiger partial charge in [0.1, 0.15) is 17.6 Å². The number of ether oxygens (including phenoxy) is 2. The predicted molar refractivity (Wildman–Crippen MR) is 69.8 cm³/mol. The van der Waals surface area contributed by atoms with Gasteiger partial charge >= 0.3 is 6.61 Å². The molecular weight excluding hydrogens is 264 g/mol. The lowest BCUT2D eigenvalue weighted by Gasteiger charge is -2.09. The molecule has 0 N–H and O–H groups in total. The summed E-state index contributed by atoms with van der Waals surface area (Å²) in [6.45, 7) is -2.96. The molecule has 2 aromatic carbocycles. The van der Waals surface area contributed by atoms with Crippen LogP contribution in [0.15, 0.2) is 42.5 Å². The second kappa shape index (κ2) is 6.02. The van der Waals surface area contributed by atoms with Gasteiger partial charge in [0.15, 0.2) is 0 Å². The standard InChI is InChI=1S/C15H11F2NO2/c1-19-13-6-4-10(5-7-13)11-2-3-12(9-18)14(8-11)20-15(16)17/h2-8,15H,1H3. The minimum Gasteiger partial charge on any atom is -0.497 e. The van der Waals surface area contributed by atoms with E-state index in [0.717, 1.165) is 5.56 Å². The van der Waals surface area contributed by atoms with Crippen molar-refractivity contribution in [2.75, 3.05) is 7.11 Å². The molecule has 2 aromatic rings. The Morgan fingerprint density at radius 3 is 2.25 bits per heavy atom. The number of hydrogen-bond donors (Lipinski definition) is 0. The number of halogens is 2. The van der Waals surface area contributed by atoms with Crippen LogP contribution >= 0.6 is 0 Å². The van der Waals surface area contributed by atoms with Crippen molar-refractivity contribution in [3.8, 4) is 28.7 Å². The van der Waals surface area contributed by atoms with Gasteiger partial charge in [0.25, 0.3) is 0 Å². The lowest BCUT2D eigenvalue weighted by molar-refractivity contribution is -0.0500. The van der Waals surface area contributed by atoms with Gasteiger partial charge in [0.05, 0.1) is 12.7 Å². The van der Waals surface area contributed by atoms with Crippen LogP contribution in [-0.4, -0.2) is 13.7 Å². The number of benzene rings is 2. The third-order valence-electron chi connectivity index (χ3n) is 2.74. The van der Waals surface area contributed by atoms with E-state index < -0.39 is 6.61 Å². The summed E-state index contributed by atoms with van der Waals surface area (Å²) in [5.74, 6) is 0.572. The van der Waals surface area contributed by atoms with Crippen molar-refractivity contribution < 1.29 is 18.3 Å². The molecule has 0 aliphatic carbocycles. The molecule has 0 amide bonds. The van der Waals surface area contributed by atoms with E-state index in [9.17, 15) is 8.78 Å². The second-order valence-electron chi connectivity index (χ2n) is 3.93. The van der Waals surface area contributed by atoms with E-state index in [4.69, 9.17) is 10.00 Å². The molecule has 20 heavy (non-hydrogen) atoms. The molecule has 0 bridgehead atoms. The predicted octanol–water partition coefficient (Wildman–Crippen LogP) is 3.84. The maximum atomic E-state index is 12.3. The first-order valence-corrected chi connectivity index (χ1v) is 5.77. The fourth-order valence-corrected chi connectivity index (χ4v) is 1.77. The molecule has 0 unspecified atom stereocenters. The Morgan fingerprint density at radius 1 is 1.05 bits per heavy atom. The molecule has 0 saturated carbocycles. The Kier molecular flexibility index (Phi) is 4.16. The number of nitrogens with zero attached hydrogens (tertiary/aromatic N) is 1. The first-order chi connectivity index (χ1) is 9.63. The van der Waals surface area contributed by atoms with Crippen molar-refractivity contribution in [1.82, 2.24) is 0 Å². The van der Waals surface area contributed by atoms with Gasteiger partial charge in [-0.2, -0.15) is 14.0 Å². The molecule has 0 radical (unpaired) electrons. The SMILES string of the molecule is COc1ccc(-c2ccc(C#N)c(OC(F)F)c2)cc1. The van der Waals surface area contributed by atoms with Crippen LogP contribution in [0.2, 0.25) is 0 Å². The number of alkyl halides is 2. The lowest BCUT2D eigenvalue weighted by atomic mass is 10.0. The molecule has 0 heterocycles. The normalized spacial score (nSPS) is 10.2. The van der Waals surface area contributed by atoms with Gasteiger partial charge in [0.2, 0.25) is 0 Å². The Balaban J connectivity index is 2.39. The van der Waals surface area contributed by atoms with Gasteiger partial charge in [0, 0.05) is 0 Å². The van der Waals surface area contributed by atoms with E-state index in [0.29, 0.717) is 11.3 Å². The summed E-state index contributed by atoms with van der Waals surface area (Å²) in [5, 5.41) is 8.87. The molecule has 0 spiro atoms. The zero-order valence-corrected chi connectivity index (χ0v) is 10.6. The van der Waals surface area contributed by atoms with Crippen LogP contribution in [0.4, 0.5) is 8.78 Å². The molecule has 2 rings (SSSR count). The molecule has 0 aromatic heterocycles. The Bertz CT molecular complexity index is 633. The van der Waals surface area contributed by atoms with Crippen LogP contribution in [0.25, 0.3) is 11.1 Å². The van der Waals surface area contributed by atoms with Gasteiger partial charge in [-0.15, -0.1) is 0 Å². The summed E-state index contributed by atoms with van der Waals surface area (Å²) in [7, 11) is 1.56. The van der Waals surface area contributed by atoms with Crippen LogP contribution < -0.4 is 9.47 Å². The molecule has 0 fully saturated rings. The van der Waals surface area contributed by atoms with Gasteiger partial charge in [-0.3, -0.25) is 0 Å². The molecule has 0 saturated heterocycles. The van der Waals surface area contributed by atoms with E-state index in [2.05, 4.69) is 4.74 Å². The van der Waals surface area contributed by atoms with Crippen LogP contribution in [0, 0.1) is 11.3 Å². The first-order valence-electron chi connectivity index (χ1n) is 5.77. The van der Waals surface area contributed by atoms with E-state index in [1.54, 1.807) is 37.4 Å². The topological polar surface area (TPSA) is 42.2 Å². The van der Waals surface area contributed by atoms with Crippen molar-refractivity contribution in [3.63, 3.8) is 0 Å².